The number of furan rings is 1. The third-order valence-electron chi connectivity index (χ3n) is 12.2. The van der Waals surface area contributed by atoms with Gasteiger partial charge in [-0.15, -0.1) is 0 Å². The van der Waals surface area contributed by atoms with Crippen molar-refractivity contribution in [1.82, 2.24) is 24.1 Å². The normalized spacial score (nSPS) is 11.9. The van der Waals surface area contributed by atoms with Crippen LogP contribution in [0.5, 0.6) is 0 Å². The molecule has 13 rings (SSSR count). The SMILES string of the molecule is c1ccc(-n2c3ccccc3c3cccc4c3c3c2cccc3n4-c2ccccc2-c2nc(-c3cccc4ccccc34)nc(-c3cccc4oc5ccccc5c34)n2)cc1. The standard InChI is InChI=1S/C55H33N5O/c1-2-18-35(19-3-1)59-43-27-9-6-21-37(43)38-24-13-29-45-51(38)52-46(59)30-15-31-47(52)60(45)44-28-10-7-22-40(44)54-56-53(39-25-12-17-34-16-4-5-20-36(34)39)57-55(58-54)42-26-14-33-49-50(42)41-23-8-11-32-48(41)61-49/h1-33H. The lowest BCUT2D eigenvalue weighted by atomic mass is 10.0. The Kier molecular flexibility index (Phi) is 7.21. The summed E-state index contributed by atoms with van der Waals surface area (Å²) >= 11 is 0. The van der Waals surface area contributed by atoms with E-state index >= 15 is 0 Å². The highest BCUT2D eigenvalue weighted by Crippen LogP contribution is 2.44. The first-order chi connectivity index (χ1) is 30.3. The molecule has 9 aromatic carbocycles. The molecule has 61 heavy (non-hydrogen) atoms. The Morgan fingerprint density at radius 1 is 0.311 bits per heavy atom. The highest BCUT2D eigenvalue weighted by atomic mass is 16.3. The third-order valence-corrected chi connectivity index (χ3v) is 12.2. The Labute approximate surface area is 349 Å². The van der Waals surface area contributed by atoms with Gasteiger partial charge in [-0.3, -0.25) is 0 Å². The molecule has 0 bridgehead atoms. The van der Waals surface area contributed by atoms with Gasteiger partial charge >= 0.3 is 0 Å². The van der Waals surface area contributed by atoms with Gasteiger partial charge in [-0.05, 0) is 76.8 Å². The minimum atomic E-state index is 0.580. The zero-order valence-electron chi connectivity index (χ0n) is 32.7. The predicted octanol–water partition coefficient (Wildman–Crippen LogP) is 14.1. The summed E-state index contributed by atoms with van der Waals surface area (Å²) in [4.78, 5) is 16.1. The molecule has 13 aromatic rings. The lowest BCUT2D eigenvalue weighted by molar-refractivity contribution is 0.669. The summed E-state index contributed by atoms with van der Waals surface area (Å²) < 4.78 is 11.2. The van der Waals surface area contributed by atoms with Gasteiger partial charge in [0.15, 0.2) is 17.5 Å². The number of fused-ring (bicyclic) bond motifs is 6. The minimum Gasteiger partial charge on any atom is -0.456 e. The Hall–Kier alpha value is -8.35. The molecule has 6 heteroatoms. The van der Waals surface area contributed by atoms with E-state index in [-0.39, 0.29) is 0 Å². The second-order valence-electron chi connectivity index (χ2n) is 15.5. The van der Waals surface area contributed by atoms with E-state index in [4.69, 9.17) is 19.4 Å². The monoisotopic (exact) mass is 779 g/mol. The molecule has 4 aromatic heterocycles. The topological polar surface area (TPSA) is 61.7 Å². The summed E-state index contributed by atoms with van der Waals surface area (Å²) in [5.41, 5.74) is 10.9. The second kappa shape index (κ2) is 13.1. The average Bonchev–Trinajstić information content (AvgIpc) is 3.84. The molecule has 4 heterocycles. The van der Waals surface area contributed by atoms with Gasteiger partial charge in [-0.1, -0.05) is 140 Å². The molecule has 0 amide bonds. The van der Waals surface area contributed by atoms with Crippen LogP contribution in [0.15, 0.2) is 205 Å². The van der Waals surface area contributed by atoms with Crippen LogP contribution in [0.3, 0.4) is 0 Å². The zero-order valence-corrected chi connectivity index (χ0v) is 32.7. The first-order valence-corrected chi connectivity index (χ1v) is 20.5. The molecular weight excluding hydrogens is 747 g/mol. The van der Waals surface area contributed by atoms with Crippen LogP contribution in [-0.2, 0) is 0 Å². The van der Waals surface area contributed by atoms with Gasteiger partial charge < -0.3 is 13.6 Å². The second-order valence-corrected chi connectivity index (χ2v) is 15.5. The molecule has 0 spiro atoms. The fourth-order valence-corrected chi connectivity index (χ4v) is 9.62. The number of rotatable bonds is 5. The highest BCUT2D eigenvalue weighted by molar-refractivity contribution is 6.28. The molecular formula is C55H33N5O. The van der Waals surface area contributed by atoms with Crippen LogP contribution in [-0.4, -0.2) is 24.1 Å². The van der Waals surface area contributed by atoms with E-state index in [2.05, 4.69) is 179 Å². The molecule has 284 valence electrons. The van der Waals surface area contributed by atoms with Crippen LogP contribution in [0.4, 0.5) is 0 Å². The van der Waals surface area contributed by atoms with E-state index in [9.17, 15) is 0 Å². The van der Waals surface area contributed by atoms with Crippen molar-refractivity contribution in [3.05, 3.63) is 200 Å². The molecule has 0 radical (unpaired) electrons. The first-order valence-electron chi connectivity index (χ1n) is 20.5. The molecule has 0 saturated carbocycles. The number of nitrogens with zero attached hydrogens (tertiary/aromatic N) is 5. The van der Waals surface area contributed by atoms with Crippen LogP contribution in [0, 0.1) is 0 Å². The van der Waals surface area contributed by atoms with Crippen LogP contribution in [0.2, 0.25) is 0 Å². The van der Waals surface area contributed by atoms with E-state index in [1.807, 2.05) is 30.3 Å². The van der Waals surface area contributed by atoms with Gasteiger partial charge in [-0.2, -0.15) is 0 Å². The first kappa shape index (κ1) is 33.6. The molecule has 0 fully saturated rings. The van der Waals surface area contributed by atoms with Crippen molar-refractivity contribution in [3.63, 3.8) is 0 Å². The molecule has 0 aliphatic rings. The zero-order chi connectivity index (χ0) is 40.0. The summed E-state index contributed by atoms with van der Waals surface area (Å²) in [6.45, 7) is 0. The number of para-hydroxylation sites is 4. The Balaban J connectivity index is 1.13. The smallest absolute Gasteiger partial charge is 0.166 e. The highest BCUT2D eigenvalue weighted by Gasteiger charge is 2.24. The van der Waals surface area contributed by atoms with Gasteiger partial charge in [0.1, 0.15) is 11.2 Å². The Morgan fingerprint density at radius 2 is 0.836 bits per heavy atom. The fourth-order valence-electron chi connectivity index (χ4n) is 9.62. The van der Waals surface area contributed by atoms with E-state index in [1.54, 1.807) is 0 Å². The predicted molar refractivity (Wildman–Crippen MR) is 250 cm³/mol. The molecule has 6 nitrogen and oxygen atoms in total. The minimum absolute atomic E-state index is 0.580. The van der Waals surface area contributed by atoms with E-state index in [1.165, 1.54) is 21.5 Å². The molecule has 0 atom stereocenters. The Bertz CT molecular complexity index is 3890. The molecule has 0 N–H and O–H groups in total. The number of hydrogen-bond acceptors (Lipinski definition) is 4. The quantitative estimate of drug-likeness (QED) is 0.175. The summed E-state index contributed by atoms with van der Waals surface area (Å²) in [7, 11) is 0. The van der Waals surface area contributed by atoms with E-state index in [0.29, 0.717) is 17.5 Å². The summed E-state index contributed by atoms with van der Waals surface area (Å²) in [5.74, 6) is 1.77. The molecule has 0 saturated heterocycles. The molecule has 0 aliphatic heterocycles. The van der Waals surface area contributed by atoms with Crippen molar-refractivity contribution >= 4 is 76.3 Å². The maximum Gasteiger partial charge on any atom is 0.166 e. The summed E-state index contributed by atoms with van der Waals surface area (Å²) in [6, 6.07) is 70.3. The van der Waals surface area contributed by atoms with Crippen LogP contribution in [0.1, 0.15) is 0 Å². The number of aromatic nitrogens is 5. The third kappa shape index (κ3) is 5.00. The molecule has 0 aliphatic carbocycles. The average molecular weight is 780 g/mol. The van der Waals surface area contributed by atoms with Crippen molar-refractivity contribution in [2.75, 3.05) is 0 Å². The lowest BCUT2D eigenvalue weighted by Gasteiger charge is -2.16. The van der Waals surface area contributed by atoms with Gasteiger partial charge in [0.05, 0.1) is 27.8 Å². The van der Waals surface area contributed by atoms with E-state index in [0.717, 1.165) is 82.8 Å². The van der Waals surface area contributed by atoms with Crippen molar-refractivity contribution < 1.29 is 4.42 Å². The van der Waals surface area contributed by atoms with Gasteiger partial charge in [0.2, 0.25) is 0 Å². The van der Waals surface area contributed by atoms with Crippen molar-refractivity contribution in [2.45, 2.75) is 0 Å². The summed E-state index contributed by atoms with van der Waals surface area (Å²) in [6.07, 6.45) is 0. The number of benzene rings is 9. The number of hydrogen-bond donors (Lipinski definition) is 0. The molecule has 0 unspecified atom stereocenters. The fraction of sp³-hybridized carbons (Fsp3) is 0. The van der Waals surface area contributed by atoms with Crippen molar-refractivity contribution in [2.24, 2.45) is 0 Å². The van der Waals surface area contributed by atoms with Gasteiger partial charge in [0.25, 0.3) is 0 Å². The van der Waals surface area contributed by atoms with E-state index < -0.39 is 0 Å². The maximum absolute atomic E-state index is 6.36. The van der Waals surface area contributed by atoms with Crippen molar-refractivity contribution in [1.29, 1.82) is 0 Å². The van der Waals surface area contributed by atoms with Crippen molar-refractivity contribution in [3.8, 4) is 45.5 Å². The Morgan fingerprint density at radius 3 is 1.70 bits per heavy atom. The van der Waals surface area contributed by atoms with Gasteiger partial charge in [0, 0.05) is 49.3 Å². The van der Waals surface area contributed by atoms with Crippen LogP contribution in [0.25, 0.3) is 122 Å². The van der Waals surface area contributed by atoms with Crippen LogP contribution < -0.4 is 0 Å². The largest absolute Gasteiger partial charge is 0.456 e. The van der Waals surface area contributed by atoms with Gasteiger partial charge in [-0.25, -0.2) is 15.0 Å². The van der Waals surface area contributed by atoms with Crippen LogP contribution >= 0.6 is 0 Å². The maximum atomic E-state index is 6.36. The summed E-state index contributed by atoms with van der Waals surface area (Å²) in [5, 5.41) is 8.97. The lowest BCUT2D eigenvalue weighted by Crippen LogP contribution is -2.04.